The summed E-state index contributed by atoms with van der Waals surface area (Å²) >= 11 is 0. The molecule has 2 aromatic rings. The number of carbonyl (C=O) groups excluding carboxylic acids is 2. The Morgan fingerprint density at radius 2 is 1.85 bits per heavy atom. The van der Waals surface area contributed by atoms with Crippen LogP contribution in [-0.4, -0.2) is 31.6 Å². The molecule has 0 saturated carbocycles. The molecule has 136 valence electrons. The van der Waals surface area contributed by atoms with Crippen molar-refractivity contribution >= 4 is 17.5 Å². The SMILES string of the molecule is Cc1cccc(N(CCC(N)=O)C(=O)c2ccc3c(c2)OCCCO3)c1. The Bertz CT molecular complexity index is 819. The number of ether oxygens (including phenoxy) is 2. The molecule has 1 heterocycles. The van der Waals surface area contributed by atoms with E-state index >= 15 is 0 Å². The van der Waals surface area contributed by atoms with E-state index in [1.807, 2.05) is 31.2 Å². The van der Waals surface area contributed by atoms with Gasteiger partial charge in [-0.3, -0.25) is 9.59 Å². The number of nitrogens with two attached hydrogens (primary N) is 1. The summed E-state index contributed by atoms with van der Waals surface area (Å²) in [5.41, 5.74) is 7.51. The van der Waals surface area contributed by atoms with Gasteiger partial charge in [0.15, 0.2) is 11.5 Å². The van der Waals surface area contributed by atoms with Gasteiger partial charge in [0.25, 0.3) is 5.91 Å². The van der Waals surface area contributed by atoms with Gasteiger partial charge in [-0.2, -0.15) is 0 Å². The molecular formula is C20H22N2O4. The standard InChI is InChI=1S/C20H22N2O4/c1-14-4-2-5-16(12-14)22(9-8-19(21)23)20(24)15-6-7-17-18(13-15)26-11-3-10-25-17/h2,4-7,12-13H,3,8-11H2,1H3,(H2,21,23). The summed E-state index contributed by atoms with van der Waals surface area (Å²) in [5.74, 6) is 0.535. The van der Waals surface area contributed by atoms with Gasteiger partial charge in [-0.1, -0.05) is 12.1 Å². The summed E-state index contributed by atoms with van der Waals surface area (Å²) < 4.78 is 11.3. The van der Waals surface area contributed by atoms with Crippen LogP contribution in [-0.2, 0) is 4.79 Å². The number of aryl methyl sites for hydroxylation is 1. The molecule has 0 spiro atoms. The Balaban J connectivity index is 1.91. The molecule has 6 nitrogen and oxygen atoms in total. The van der Waals surface area contributed by atoms with E-state index in [0.29, 0.717) is 30.3 Å². The molecule has 6 heteroatoms. The summed E-state index contributed by atoms with van der Waals surface area (Å²) in [7, 11) is 0. The highest BCUT2D eigenvalue weighted by atomic mass is 16.5. The summed E-state index contributed by atoms with van der Waals surface area (Å²) in [6.45, 7) is 3.31. The maximum atomic E-state index is 13.1. The lowest BCUT2D eigenvalue weighted by Crippen LogP contribution is -2.34. The summed E-state index contributed by atoms with van der Waals surface area (Å²) in [5, 5.41) is 0. The van der Waals surface area contributed by atoms with Crippen LogP contribution in [0.15, 0.2) is 42.5 Å². The van der Waals surface area contributed by atoms with E-state index in [1.165, 1.54) is 0 Å². The van der Waals surface area contributed by atoms with Gasteiger partial charge < -0.3 is 20.1 Å². The molecule has 0 aliphatic carbocycles. The number of rotatable bonds is 5. The van der Waals surface area contributed by atoms with Gasteiger partial charge >= 0.3 is 0 Å². The first kappa shape index (κ1) is 17.8. The predicted molar refractivity (Wildman–Crippen MR) is 98.7 cm³/mol. The highest BCUT2D eigenvalue weighted by Gasteiger charge is 2.21. The minimum atomic E-state index is -0.450. The topological polar surface area (TPSA) is 81.9 Å². The smallest absolute Gasteiger partial charge is 0.258 e. The fourth-order valence-electron chi connectivity index (χ4n) is 2.82. The third kappa shape index (κ3) is 4.14. The highest BCUT2D eigenvalue weighted by molar-refractivity contribution is 6.06. The van der Waals surface area contributed by atoms with Crippen molar-refractivity contribution in [3.05, 3.63) is 53.6 Å². The normalized spacial score (nSPS) is 13.0. The number of amides is 2. The van der Waals surface area contributed by atoms with Gasteiger partial charge in [0.2, 0.25) is 5.91 Å². The molecule has 0 radical (unpaired) electrons. The Labute approximate surface area is 152 Å². The first-order valence-electron chi connectivity index (χ1n) is 8.61. The van der Waals surface area contributed by atoms with Crippen molar-refractivity contribution in [2.75, 3.05) is 24.7 Å². The average molecular weight is 354 g/mol. The van der Waals surface area contributed by atoms with Crippen LogP contribution in [0.1, 0.15) is 28.8 Å². The lowest BCUT2D eigenvalue weighted by atomic mass is 10.1. The van der Waals surface area contributed by atoms with Crippen LogP contribution in [0.3, 0.4) is 0 Å². The number of benzene rings is 2. The molecule has 0 atom stereocenters. The van der Waals surface area contributed by atoms with Crippen molar-refractivity contribution in [1.82, 2.24) is 0 Å². The van der Waals surface area contributed by atoms with E-state index < -0.39 is 5.91 Å². The van der Waals surface area contributed by atoms with Crippen molar-refractivity contribution in [2.24, 2.45) is 5.73 Å². The van der Waals surface area contributed by atoms with Crippen LogP contribution >= 0.6 is 0 Å². The Kier molecular flexibility index (Phi) is 5.41. The van der Waals surface area contributed by atoms with Crippen molar-refractivity contribution in [2.45, 2.75) is 19.8 Å². The molecule has 1 aliphatic rings. The predicted octanol–water partition coefficient (Wildman–Crippen LogP) is 2.68. The number of carbonyl (C=O) groups is 2. The Hall–Kier alpha value is -3.02. The Morgan fingerprint density at radius 1 is 1.08 bits per heavy atom. The zero-order valence-electron chi connectivity index (χ0n) is 14.7. The van der Waals surface area contributed by atoms with Gasteiger partial charge in [-0.15, -0.1) is 0 Å². The quantitative estimate of drug-likeness (QED) is 0.895. The van der Waals surface area contributed by atoms with Gasteiger partial charge in [0, 0.05) is 30.6 Å². The summed E-state index contributed by atoms with van der Waals surface area (Å²) in [4.78, 5) is 25.9. The van der Waals surface area contributed by atoms with E-state index in [-0.39, 0.29) is 18.9 Å². The van der Waals surface area contributed by atoms with Crippen LogP contribution in [0.25, 0.3) is 0 Å². The highest BCUT2D eigenvalue weighted by Crippen LogP contribution is 2.31. The second kappa shape index (κ2) is 7.91. The van der Waals surface area contributed by atoms with E-state index in [9.17, 15) is 9.59 Å². The molecule has 0 fully saturated rings. The molecule has 2 amide bonds. The van der Waals surface area contributed by atoms with Crippen molar-refractivity contribution in [3.8, 4) is 11.5 Å². The fraction of sp³-hybridized carbons (Fsp3) is 0.300. The molecule has 1 aliphatic heterocycles. The van der Waals surface area contributed by atoms with E-state index in [1.54, 1.807) is 23.1 Å². The number of hydrogen-bond donors (Lipinski definition) is 1. The van der Waals surface area contributed by atoms with Gasteiger partial charge in [0.05, 0.1) is 13.2 Å². The van der Waals surface area contributed by atoms with Crippen molar-refractivity contribution in [3.63, 3.8) is 0 Å². The lowest BCUT2D eigenvalue weighted by molar-refractivity contribution is -0.117. The van der Waals surface area contributed by atoms with E-state index in [4.69, 9.17) is 15.2 Å². The zero-order valence-corrected chi connectivity index (χ0v) is 14.7. The monoisotopic (exact) mass is 354 g/mol. The number of hydrogen-bond acceptors (Lipinski definition) is 4. The fourth-order valence-corrected chi connectivity index (χ4v) is 2.82. The minimum absolute atomic E-state index is 0.0875. The zero-order chi connectivity index (χ0) is 18.5. The molecule has 0 saturated heterocycles. The van der Waals surface area contributed by atoms with Crippen LogP contribution in [0.2, 0.25) is 0 Å². The third-order valence-electron chi connectivity index (χ3n) is 4.13. The molecule has 2 aromatic carbocycles. The average Bonchev–Trinajstić information content (AvgIpc) is 2.86. The van der Waals surface area contributed by atoms with Crippen molar-refractivity contribution < 1.29 is 19.1 Å². The Morgan fingerprint density at radius 3 is 2.58 bits per heavy atom. The van der Waals surface area contributed by atoms with Gasteiger partial charge in [-0.25, -0.2) is 0 Å². The van der Waals surface area contributed by atoms with E-state index in [0.717, 1.165) is 17.7 Å². The first-order chi connectivity index (χ1) is 12.5. The largest absolute Gasteiger partial charge is 0.490 e. The lowest BCUT2D eigenvalue weighted by Gasteiger charge is -2.23. The second-order valence-electron chi connectivity index (χ2n) is 6.22. The van der Waals surface area contributed by atoms with Crippen LogP contribution in [0.4, 0.5) is 5.69 Å². The number of nitrogens with zero attached hydrogens (tertiary/aromatic N) is 1. The maximum Gasteiger partial charge on any atom is 0.258 e. The molecule has 0 bridgehead atoms. The third-order valence-corrected chi connectivity index (χ3v) is 4.13. The van der Waals surface area contributed by atoms with Crippen LogP contribution < -0.4 is 20.1 Å². The molecule has 0 aromatic heterocycles. The summed E-state index contributed by atoms with van der Waals surface area (Å²) in [6.07, 6.45) is 0.885. The first-order valence-corrected chi connectivity index (χ1v) is 8.61. The molecule has 0 unspecified atom stereocenters. The molecule has 2 N–H and O–H groups in total. The number of fused-ring (bicyclic) bond motifs is 1. The number of primary amides is 1. The summed E-state index contributed by atoms with van der Waals surface area (Å²) in [6, 6.07) is 12.7. The second-order valence-corrected chi connectivity index (χ2v) is 6.22. The maximum absolute atomic E-state index is 13.1. The minimum Gasteiger partial charge on any atom is -0.490 e. The van der Waals surface area contributed by atoms with Gasteiger partial charge in [0.1, 0.15) is 0 Å². The van der Waals surface area contributed by atoms with Crippen LogP contribution in [0, 0.1) is 6.92 Å². The van der Waals surface area contributed by atoms with Crippen LogP contribution in [0.5, 0.6) is 11.5 Å². The molecular weight excluding hydrogens is 332 g/mol. The van der Waals surface area contributed by atoms with Gasteiger partial charge in [-0.05, 0) is 42.8 Å². The molecule has 3 rings (SSSR count). The van der Waals surface area contributed by atoms with E-state index in [2.05, 4.69) is 0 Å². The molecule has 26 heavy (non-hydrogen) atoms. The van der Waals surface area contributed by atoms with Crippen molar-refractivity contribution in [1.29, 1.82) is 0 Å². The number of anilines is 1.